The summed E-state index contributed by atoms with van der Waals surface area (Å²) < 4.78 is 0. The van der Waals surface area contributed by atoms with Crippen LogP contribution in [0.5, 0.6) is 5.75 Å². The molecule has 0 aliphatic rings. The molecule has 2 rings (SSSR count). The molecule has 15 heavy (non-hydrogen) atoms. The third-order valence-electron chi connectivity index (χ3n) is 1.94. The number of hydrogen-bond donors (Lipinski definition) is 3. The van der Waals surface area contributed by atoms with E-state index in [-0.39, 0.29) is 24.8 Å². The van der Waals surface area contributed by atoms with Crippen LogP contribution < -0.4 is 0 Å². The molecule has 1 aromatic heterocycles. The molecule has 0 aliphatic heterocycles. The zero-order valence-corrected chi connectivity index (χ0v) is 8.66. The first-order chi connectivity index (χ1) is 6.79. The van der Waals surface area contributed by atoms with E-state index in [4.69, 9.17) is 10.2 Å². The molecule has 3 N–H and O–H groups in total. The molecule has 0 saturated heterocycles. The highest BCUT2D eigenvalue weighted by atomic mass is 35.5. The molecule has 1 heterocycles. The topological polar surface area (TPSA) is 69.1 Å². The summed E-state index contributed by atoms with van der Waals surface area (Å²) in [5.74, 6) is 0.914. The third-order valence-corrected chi connectivity index (χ3v) is 1.94. The van der Waals surface area contributed by atoms with Crippen molar-refractivity contribution in [2.45, 2.75) is 6.61 Å². The third kappa shape index (κ3) is 2.49. The summed E-state index contributed by atoms with van der Waals surface area (Å²) in [5.41, 5.74) is 1.55. The van der Waals surface area contributed by atoms with Gasteiger partial charge in [0.1, 0.15) is 11.6 Å². The standard InChI is InChI=1S/C10H10N2O2.ClH/c13-6-8-5-11-10(12-8)7-1-3-9(14)4-2-7;/h1-5,13-14H,6H2,(H,11,12);1H. The molecule has 0 unspecified atom stereocenters. The quantitative estimate of drug-likeness (QED) is 0.730. The van der Waals surface area contributed by atoms with E-state index in [9.17, 15) is 0 Å². The fourth-order valence-electron chi connectivity index (χ4n) is 1.21. The normalized spacial score (nSPS) is 9.67. The van der Waals surface area contributed by atoms with E-state index < -0.39 is 0 Å². The van der Waals surface area contributed by atoms with Gasteiger partial charge in [0.05, 0.1) is 18.5 Å². The maximum atomic E-state index is 9.08. The second kappa shape index (κ2) is 4.82. The highest BCUT2D eigenvalue weighted by Gasteiger charge is 2.02. The summed E-state index contributed by atoms with van der Waals surface area (Å²) >= 11 is 0. The van der Waals surface area contributed by atoms with E-state index >= 15 is 0 Å². The van der Waals surface area contributed by atoms with Crippen LogP contribution in [0.1, 0.15) is 5.69 Å². The molecular weight excluding hydrogens is 216 g/mol. The van der Waals surface area contributed by atoms with Gasteiger partial charge in [-0.3, -0.25) is 0 Å². The Kier molecular flexibility index (Phi) is 3.71. The number of hydrogen-bond acceptors (Lipinski definition) is 3. The zero-order valence-electron chi connectivity index (χ0n) is 7.84. The maximum Gasteiger partial charge on any atom is 0.137 e. The largest absolute Gasteiger partial charge is 0.508 e. The SMILES string of the molecule is Cl.OCc1cnc(-c2ccc(O)cc2)[nH]1. The molecule has 1 aromatic carbocycles. The summed E-state index contributed by atoms with van der Waals surface area (Å²) in [6.07, 6.45) is 1.59. The minimum absolute atomic E-state index is 0. The van der Waals surface area contributed by atoms with Gasteiger partial charge in [-0.25, -0.2) is 4.98 Å². The van der Waals surface area contributed by atoms with Crippen LogP contribution in [0.3, 0.4) is 0 Å². The summed E-state index contributed by atoms with van der Waals surface area (Å²) in [6.45, 7) is -0.0505. The lowest BCUT2D eigenvalue weighted by molar-refractivity contribution is 0.277. The number of benzene rings is 1. The first-order valence-corrected chi connectivity index (χ1v) is 4.24. The van der Waals surface area contributed by atoms with E-state index in [1.54, 1.807) is 30.5 Å². The number of aromatic hydroxyl groups is 1. The number of nitrogens with zero attached hydrogens (tertiary/aromatic N) is 1. The molecule has 0 bridgehead atoms. The molecule has 0 atom stereocenters. The monoisotopic (exact) mass is 226 g/mol. The van der Waals surface area contributed by atoms with E-state index in [2.05, 4.69) is 9.97 Å². The van der Waals surface area contributed by atoms with Gasteiger partial charge in [0.25, 0.3) is 0 Å². The van der Waals surface area contributed by atoms with Crippen molar-refractivity contribution >= 4 is 12.4 Å². The van der Waals surface area contributed by atoms with Gasteiger partial charge in [-0.05, 0) is 24.3 Å². The smallest absolute Gasteiger partial charge is 0.137 e. The molecule has 0 aliphatic carbocycles. The van der Waals surface area contributed by atoms with Crippen LogP contribution in [-0.2, 0) is 6.61 Å². The lowest BCUT2D eigenvalue weighted by atomic mass is 10.2. The molecule has 0 radical (unpaired) electrons. The lowest BCUT2D eigenvalue weighted by Gasteiger charge is -1.96. The summed E-state index contributed by atoms with van der Waals surface area (Å²) in [5, 5.41) is 17.9. The van der Waals surface area contributed by atoms with Crippen molar-refractivity contribution in [3.05, 3.63) is 36.2 Å². The predicted octanol–water partition coefficient (Wildman–Crippen LogP) is 1.70. The number of aromatic amines is 1. The van der Waals surface area contributed by atoms with Crippen molar-refractivity contribution in [1.82, 2.24) is 9.97 Å². The van der Waals surface area contributed by atoms with E-state index in [0.717, 1.165) is 5.56 Å². The predicted molar refractivity (Wildman–Crippen MR) is 58.9 cm³/mol. The maximum absolute atomic E-state index is 9.08. The summed E-state index contributed by atoms with van der Waals surface area (Å²) in [6, 6.07) is 6.71. The molecule has 80 valence electrons. The highest BCUT2D eigenvalue weighted by Crippen LogP contribution is 2.18. The Balaban J connectivity index is 0.00000112. The van der Waals surface area contributed by atoms with Gasteiger partial charge in [-0.1, -0.05) is 0 Å². The Hall–Kier alpha value is -1.52. The fraction of sp³-hybridized carbons (Fsp3) is 0.100. The number of imidazole rings is 1. The Morgan fingerprint density at radius 3 is 2.40 bits per heavy atom. The van der Waals surface area contributed by atoms with Crippen molar-refractivity contribution < 1.29 is 10.2 Å². The number of phenols is 1. The molecule has 0 fully saturated rings. The van der Waals surface area contributed by atoms with Gasteiger partial charge < -0.3 is 15.2 Å². The second-order valence-corrected chi connectivity index (χ2v) is 2.96. The first kappa shape index (κ1) is 11.6. The molecular formula is C10H11ClN2O2. The van der Waals surface area contributed by atoms with Crippen molar-refractivity contribution in [3.8, 4) is 17.1 Å². The number of nitrogens with one attached hydrogen (secondary N) is 1. The van der Waals surface area contributed by atoms with Crippen LogP contribution in [0.2, 0.25) is 0 Å². The van der Waals surface area contributed by atoms with Crippen LogP contribution in [0.25, 0.3) is 11.4 Å². The Bertz CT molecular complexity index is 425. The van der Waals surface area contributed by atoms with Crippen LogP contribution in [-0.4, -0.2) is 20.2 Å². The van der Waals surface area contributed by atoms with Gasteiger partial charge in [-0.15, -0.1) is 12.4 Å². The number of phenolic OH excluding ortho intramolecular Hbond substituents is 1. The number of halogens is 1. The van der Waals surface area contributed by atoms with Crippen LogP contribution in [0, 0.1) is 0 Å². The second-order valence-electron chi connectivity index (χ2n) is 2.96. The lowest BCUT2D eigenvalue weighted by Crippen LogP contribution is -1.82. The summed E-state index contributed by atoms with van der Waals surface area (Å²) in [4.78, 5) is 7.05. The van der Waals surface area contributed by atoms with Crippen LogP contribution in [0.15, 0.2) is 30.5 Å². The Morgan fingerprint density at radius 1 is 1.20 bits per heavy atom. The van der Waals surface area contributed by atoms with Gasteiger partial charge >= 0.3 is 0 Å². The molecule has 0 amide bonds. The number of aromatic nitrogens is 2. The zero-order chi connectivity index (χ0) is 9.97. The Labute approximate surface area is 93.0 Å². The average molecular weight is 227 g/mol. The fourth-order valence-corrected chi connectivity index (χ4v) is 1.21. The van der Waals surface area contributed by atoms with Crippen molar-refractivity contribution in [2.75, 3.05) is 0 Å². The molecule has 4 nitrogen and oxygen atoms in total. The summed E-state index contributed by atoms with van der Waals surface area (Å²) in [7, 11) is 0. The van der Waals surface area contributed by atoms with Gasteiger partial charge in [-0.2, -0.15) is 0 Å². The molecule has 0 saturated carbocycles. The van der Waals surface area contributed by atoms with E-state index in [1.165, 1.54) is 0 Å². The van der Waals surface area contributed by atoms with Crippen molar-refractivity contribution in [2.24, 2.45) is 0 Å². The van der Waals surface area contributed by atoms with E-state index in [1.807, 2.05) is 0 Å². The average Bonchev–Trinajstić information content (AvgIpc) is 2.67. The van der Waals surface area contributed by atoms with Gasteiger partial charge in [0.2, 0.25) is 0 Å². The van der Waals surface area contributed by atoms with Gasteiger partial charge in [0.15, 0.2) is 0 Å². The van der Waals surface area contributed by atoms with E-state index in [0.29, 0.717) is 11.5 Å². The minimum Gasteiger partial charge on any atom is -0.508 e. The Morgan fingerprint density at radius 2 is 1.87 bits per heavy atom. The van der Waals surface area contributed by atoms with Crippen LogP contribution >= 0.6 is 12.4 Å². The highest BCUT2D eigenvalue weighted by molar-refractivity contribution is 5.85. The van der Waals surface area contributed by atoms with Crippen LogP contribution in [0.4, 0.5) is 0 Å². The van der Waals surface area contributed by atoms with Crippen molar-refractivity contribution in [3.63, 3.8) is 0 Å². The number of H-pyrrole nitrogens is 1. The number of aliphatic hydroxyl groups is 1. The van der Waals surface area contributed by atoms with Crippen molar-refractivity contribution in [1.29, 1.82) is 0 Å². The number of rotatable bonds is 2. The minimum atomic E-state index is -0.0505. The molecule has 5 heteroatoms. The van der Waals surface area contributed by atoms with Gasteiger partial charge in [0, 0.05) is 5.56 Å². The first-order valence-electron chi connectivity index (χ1n) is 4.24. The molecule has 0 spiro atoms. The number of aliphatic hydroxyl groups excluding tert-OH is 1. The molecule has 2 aromatic rings.